The molecule has 0 spiro atoms. The van der Waals surface area contributed by atoms with Gasteiger partial charge in [-0.05, 0) is 32.0 Å². The number of carbonyl (C=O) groups excluding carboxylic acids is 1. The van der Waals surface area contributed by atoms with E-state index in [0.717, 1.165) is 47.3 Å². The summed E-state index contributed by atoms with van der Waals surface area (Å²) >= 11 is 0. The maximum absolute atomic E-state index is 12.0. The number of anilines is 1. The predicted molar refractivity (Wildman–Crippen MR) is 103 cm³/mol. The molecule has 1 aromatic heterocycles. The van der Waals surface area contributed by atoms with E-state index in [-0.39, 0.29) is 0 Å². The summed E-state index contributed by atoms with van der Waals surface area (Å²) in [4.78, 5) is 14.4. The van der Waals surface area contributed by atoms with E-state index in [1.807, 2.05) is 36.4 Å². The van der Waals surface area contributed by atoms with E-state index in [1.165, 1.54) is 0 Å². The minimum absolute atomic E-state index is 0.380. The van der Waals surface area contributed by atoms with Crippen LogP contribution in [0, 0.1) is 0 Å². The molecule has 4 nitrogen and oxygen atoms in total. The molecular formula is C21H23N3O. The maximum Gasteiger partial charge on any atom is 0.154 e. The first-order valence-corrected chi connectivity index (χ1v) is 8.84. The number of aromatic nitrogens is 1. The molecule has 0 aliphatic carbocycles. The van der Waals surface area contributed by atoms with Gasteiger partial charge in [0.2, 0.25) is 0 Å². The third-order valence-corrected chi connectivity index (χ3v) is 4.88. The van der Waals surface area contributed by atoms with Crippen LogP contribution >= 0.6 is 0 Å². The number of hydrogen-bond donors (Lipinski definition) is 1. The van der Waals surface area contributed by atoms with Crippen molar-refractivity contribution in [3.05, 3.63) is 60.2 Å². The summed E-state index contributed by atoms with van der Waals surface area (Å²) in [7, 11) is 0. The van der Waals surface area contributed by atoms with Crippen LogP contribution in [-0.2, 0) is 0 Å². The van der Waals surface area contributed by atoms with Crippen LogP contribution < -0.4 is 10.2 Å². The summed E-state index contributed by atoms with van der Waals surface area (Å²) < 4.78 is 2.23. The Labute approximate surface area is 148 Å². The average molecular weight is 333 g/mol. The minimum atomic E-state index is 0.380. The molecular weight excluding hydrogens is 310 g/mol. The van der Waals surface area contributed by atoms with Crippen molar-refractivity contribution in [2.24, 2.45) is 0 Å². The third-order valence-electron chi connectivity index (χ3n) is 4.88. The lowest BCUT2D eigenvalue weighted by atomic mass is 10.1. The zero-order valence-electron chi connectivity index (χ0n) is 14.6. The lowest BCUT2D eigenvalue weighted by Gasteiger charge is -2.38. The zero-order chi connectivity index (χ0) is 17.4. The third kappa shape index (κ3) is 2.72. The van der Waals surface area contributed by atoms with Gasteiger partial charge in [-0.3, -0.25) is 9.36 Å². The first-order chi connectivity index (χ1) is 12.2. The minimum Gasteiger partial charge on any atom is -0.354 e. The SMILES string of the molecule is CC1CN(c2c(C=O)c3ccccc3n2-c2ccccc2)CC(C)N1. The van der Waals surface area contributed by atoms with Gasteiger partial charge in [-0.25, -0.2) is 0 Å². The molecule has 2 aromatic carbocycles. The maximum atomic E-state index is 12.0. The molecule has 1 aliphatic heterocycles. The van der Waals surface area contributed by atoms with Crippen LogP contribution in [0.25, 0.3) is 16.6 Å². The van der Waals surface area contributed by atoms with Gasteiger partial charge in [-0.2, -0.15) is 0 Å². The number of piperazine rings is 1. The summed E-state index contributed by atoms with van der Waals surface area (Å²) in [6.07, 6.45) is 1.01. The number of nitrogens with zero attached hydrogens (tertiary/aromatic N) is 2. The Hall–Kier alpha value is -2.59. The molecule has 0 amide bonds. The number of aldehydes is 1. The van der Waals surface area contributed by atoms with Gasteiger partial charge in [0, 0.05) is 36.2 Å². The summed E-state index contributed by atoms with van der Waals surface area (Å²) in [5, 5.41) is 4.58. The van der Waals surface area contributed by atoms with E-state index in [1.54, 1.807) is 0 Å². The Morgan fingerprint density at radius 3 is 2.28 bits per heavy atom. The molecule has 1 N–H and O–H groups in total. The molecule has 3 aromatic rings. The molecule has 4 heteroatoms. The zero-order valence-corrected chi connectivity index (χ0v) is 14.6. The summed E-state index contributed by atoms with van der Waals surface area (Å²) in [6, 6.07) is 19.2. The van der Waals surface area contributed by atoms with E-state index in [9.17, 15) is 4.79 Å². The second-order valence-electron chi connectivity index (χ2n) is 6.92. The average Bonchev–Trinajstić information content (AvgIpc) is 2.96. The first-order valence-electron chi connectivity index (χ1n) is 8.84. The Morgan fingerprint density at radius 2 is 1.60 bits per heavy atom. The molecule has 2 unspecified atom stereocenters. The fraction of sp³-hybridized carbons (Fsp3) is 0.286. The molecule has 0 radical (unpaired) electrons. The topological polar surface area (TPSA) is 37.3 Å². The van der Waals surface area contributed by atoms with Crippen LogP contribution in [0.4, 0.5) is 5.82 Å². The van der Waals surface area contributed by atoms with Gasteiger partial charge in [0.25, 0.3) is 0 Å². The largest absolute Gasteiger partial charge is 0.354 e. The van der Waals surface area contributed by atoms with Crippen molar-refractivity contribution in [2.75, 3.05) is 18.0 Å². The van der Waals surface area contributed by atoms with Crippen LogP contribution in [-0.4, -0.2) is 36.0 Å². The van der Waals surface area contributed by atoms with Crippen LogP contribution in [0.2, 0.25) is 0 Å². The lowest BCUT2D eigenvalue weighted by molar-refractivity contribution is 0.112. The molecule has 2 atom stereocenters. The van der Waals surface area contributed by atoms with Gasteiger partial charge in [-0.15, -0.1) is 0 Å². The Morgan fingerprint density at radius 1 is 0.960 bits per heavy atom. The molecule has 128 valence electrons. The van der Waals surface area contributed by atoms with Crippen molar-refractivity contribution >= 4 is 23.0 Å². The summed E-state index contributed by atoms with van der Waals surface area (Å²) in [5.74, 6) is 1.00. The van der Waals surface area contributed by atoms with E-state index in [0.29, 0.717) is 12.1 Å². The lowest BCUT2D eigenvalue weighted by Crippen LogP contribution is -2.54. The number of benzene rings is 2. The van der Waals surface area contributed by atoms with Crippen molar-refractivity contribution in [3.8, 4) is 5.69 Å². The molecule has 1 saturated heterocycles. The Balaban J connectivity index is 2.00. The van der Waals surface area contributed by atoms with Crippen molar-refractivity contribution in [1.82, 2.24) is 9.88 Å². The van der Waals surface area contributed by atoms with E-state index in [2.05, 4.69) is 46.8 Å². The quantitative estimate of drug-likeness (QED) is 0.744. The van der Waals surface area contributed by atoms with Crippen molar-refractivity contribution in [3.63, 3.8) is 0 Å². The molecule has 4 rings (SSSR count). The fourth-order valence-corrected chi connectivity index (χ4v) is 4.02. The molecule has 1 aliphatic rings. The van der Waals surface area contributed by atoms with Crippen LogP contribution in [0.1, 0.15) is 24.2 Å². The monoisotopic (exact) mass is 333 g/mol. The first kappa shape index (κ1) is 15.9. The van der Waals surface area contributed by atoms with Gasteiger partial charge in [0.05, 0.1) is 11.1 Å². The predicted octanol–water partition coefficient (Wildman–Crippen LogP) is 3.63. The van der Waals surface area contributed by atoms with Gasteiger partial charge < -0.3 is 10.2 Å². The standard InChI is InChI=1S/C21H23N3O/c1-15-12-23(13-16(2)22-15)21-19(14-25)18-10-6-7-11-20(18)24(21)17-8-4-3-5-9-17/h3-11,14-16,22H,12-13H2,1-2H3. The van der Waals surface area contributed by atoms with E-state index >= 15 is 0 Å². The Bertz CT molecular complexity index is 890. The number of para-hydroxylation sites is 2. The molecule has 2 heterocycles. The van der Waals surface area contributed by atoms with Crippen LogP contribution in [0.3, 0.4) is 0 Å². The number of nitrogens with one attached hydrogen (secondary N) is 1. The van der Waals surface area contributed by atoms with Crippen LogP contribution in [0.5, 0.6) is 0 Å². The number of fused-ring (bicyclic) bond motifs is 1. The van der Waals surface area contributed by atoms with Crippen molar-refractivity contribution in [1.29, 1.82) is 0 Å². The summed E-state index contributed by atoms with van der Waals surface area (Å²) in [5.41, 5.74) is 2.94. The number of hydrogen-bond acceptors (Lipinski definition) is 3. The highest BCUT2D eigenvalue weighted by molar-refractivity contribution is 6.05. The van der Waals surface area contributed by atoms with Crippen molar-refractivity contribution < 1.29 is 4.79 Å². The van der Waals surface area contributed by atoms with Gasteiger partial charge in [-0.1, -0.05) is 36.4 Å². The normalized spacial score (nSPS) is 20.8. The summed E-state index contributed by atoms with van der Waals surface area (Å²) in [6.45, 7) is 6.15. The highest BCUT2D eigenvalue weighted by atomic mass is 16.1. The highest BCUT2D eigenvalue weighted by Crippen LogP contribution is 2.35. The van der Waals surface area contributed by atoms with Crippen molar-refractivity contribution in [2.45, 2.75) is 25.9 Å². The highest BCUT2D eigenvalue weighted by Gasteiger charge is 2.28. The Kier molecular flexibility index (Phi) is 4.06. The van der Waals surface area contributed by atoms with Gasteiger partial charge in [0.1, 0.15) is 5.82 Å². The van der Waals surface area contributed by atoms with E-state index < -0.39 is 0 Å². The molecule has 0 saturated carbocycles. The molecule has 1 fully saturated rings. The molecule has 0 bridgehead atoms. The molecule has 25 heavy (non-hydrogen) atoms. The van der Waals surface area contributed by atoms with Gasteiger partial charge in [0.15, 0.2) is 6.29 Å². The van der Waals surface area contributed by atoms with E-state index in [4.69, 9.17) is 0 Å². The second kappa shape index (κ2) is 6.37. The smallest absolute Gasteiger partial charge is 0.154 e. The fourth-order valence-electron chi connectivity index (χ4n) is 4.02. The second-order valence-corrected chi connectivity index (χ2v) is 6.92. The number of rotatable bonds is 3. The van der Waals surface area contributed by atoms with Crippen LogP contribution in [0.15, 0.2) is 54.6 Å². The van der Waals surface area contributed by atoms with Gasteiger partial charge >= 0.3 is 0 Å². The number of carbonyl (C=O) groups is 1.